The SMILES string of the molecule is CC1CN(CC(=O)c2cccs2)CCC1=O. The molecule has 0 aromatic carbocycles. The van der Waals surface area contributed by atoms with Crippen molar-refractivity contribution in [3.05, 3.63) is 22.4 Å². The van der Waals surface area contributed by atoms with E-state index in [2.05, 4.69) is 4.90 Å². The number of carbonyl (C=O) groups excluding carboxylic acids is 2. The lowest BCUT2D eigenvalue weighted by molar-refractivity contribution is -0.125. The molecule has 0 radical (unpaired) electrons. The molecule has 2 rings (SSSR count). The van der Waals surface area contributed by atoms with Gasteiger partial charge in [0.1, 0.15) is 5.78 Å². The Kier molecular flexibility index (Phi) is 3.51. The zero-order valence-corrected chi connectivity index (χ0v) is 10.1. The maximum atomic E-state index is 11.8. The molecule has 1 aromatic heterocycles. The second-order valence-corrected chi connectivity index (χ2v) is 5.20. The number of nitrogens with zero attached hydrogens (tertiary/aromatic N) is 1. The second kappa shape index (κ2) is 4.89. The van der Waals surface area contributed by atoms with Crippen LogP contribution in [0, 0.1) is 5.92 Å². The van der Waals surface area contributed by atoms with Crippen molar-refractivity contribution in [1.29, 1.82) is 0 Å². The summed E-state index contributed by atoms with van der Waals surface area (Å²) in [5.41, 5.74) is 0. The smallest absolute Gasteiger partial charge is 0.186 e. The molecule has 0 aliphatic carbocycles. The molecule has 1 aromatic rings. The molecule has 0 bridgehead atoms. The van der Waals surface area contributed by atoms with E-state index < -0.39 is 0 Å². The van der Waals surface area contributed by atoms with Crippen LogP contribution in [0.5, 0.6) is 0 Å². The largest absolute Gasteiger partial charge is 0.299 e. The van der Waals surface area contributed by atoms with Crippen LogP contribution in [0.15, 0.2) is 17.5 Å². The first-order chi connectivity index (χ1) is 7.66. The summed E-state index contributed by atoms with van der Waals surface area (Å²) in [5.74, 6) is 0.557. The van der Waals surface area contributed by atoms with Crippen molar-refractivity contribution in [2.24, 2.45) is 5.92 Å². The van der Waals surface area contributed by atoms with Gasteiger partial charge < -0.3 is 0 Å². The lowest BCUT2D eigenvalue weighted by atomic mass is 9.98. The maximum Gasteiger partial charge on any atom is 0.186 e. The van der Waals surface area contributed by atoms with E-state index in [4.69, 9.17) is 0 Å². The second-order valence-electron chi connectivity index (χ2n) is 4.25. The first-order valence-electron chi connectivity index (χ1n) is 5.48. The third kappa shape index (κ3) is 2.57. The summed E-state index contributed by atoms with van der Waals surface area (Å²) >= 11 is 1.48. The highest BCUT2D eigenvalue weighted by molar-refractivity contribution is 7.12. The van der Waals surface area contributed by atoms with Crippen molar-refractivity contribution in [1.82, 2.24) is 4.90 Å². The lowest BCUT2D eigenvalue weighted by Gasteiger charge is -2.29. The van der Waals surface area contributed by atoms with Gasteiger partial charge in [-0.05, 0) is 11.4 Å². The van der Waals surface area contributed by atoms with Crippen LogP contribution < -0.4 is 0 Å². The van der Waals surface area contributed by atoms with Crippen molar-refractivity contribution >= 4 is 22.9 Å². The van der Waals surface area contributed by atoms with Crippen molar-refractivity contribution in [2.75, 3.05) is 19.6 Å². The van der Waals surface area contributed by atoms with Gasteiger partial charge in [-0.3, -0.25) is 14.5 Å². The lowest BCUT2D eigenvalue weighted by Crippen LogP contribution is -2.42. The normalized spacial score (nSPS) is 22.3. The highest BCUT2D eigenvalue weighted by Gasteiger charge is 2.24. The number of ketones is 2. The van der Waals surface area contributed by atoms with Gasteiger partial charge in [-0.1, -0.05) is 13.0 Å². The molecule has 4 heteroatoms. The average molecular weight is 237 g/mol. The number of hydrogen-bond acceptors (Lipinski definition) is 4. The fourth-order valence-electron chi connectivity index (χ4n) is 1.96. The van der Waals surface area contributed by atoms with Crippen molar-refractivity contribution in [3.8, 4) is 0 Å². The number of thiophene rings is 1. The zero-order chi connectivity index (χ0) is 11.5. The van der Waals surface area contributed by atoms with Gasteiger partial charge in [0.05, 0.1) is 11.4 Å². The number of piperidine rings is 1. The minimum Gasteiger partial charge on any atom is -0.299 e. The first-order valence-corrected chi connectivity index (χ1v) is 6.36. The molecule has 1 fully saturated rings. The summed E-state index contributed by atoms with van der Waals surface area (Å²) in [4.78, 5) is 26.1. The molecule has 3 nitrogen and oxygen atoms in total. The Labute approximate surface area is 99.1 Å². The molecule has 0 saturated carbocycles. The molecule has 16 heavy (non-hydrogen) atoms. The molecule has 1 aliphatic rings. The molecular weight excluding hydrogens is 222 g/mol. The third-order valence-corrected chi connectivity index (χ3v) is 3.83. The molecule has 86 valence electrons. The van der Waals surface area contributed by atoms with Crippen molar-refractivity contribution in [3.63, 3.8) is 0 Å². The van der Waals surface area contributed by atoms with Crippen LogP contribution in [0.2, 0.25) is 0 Å². The summed E-state index contributed by atoms with van der Waals surface area (Å²) in [7, 11) is 0. The van der Waals surface area contributed by atoms with Crippen LogP contribution in [0.1, 0.15) is 23.0 Å². The number of Topliss-reactive ketones (excluding diaryl/α,β-unsaturated/α-hetero) is 2. The van der Waals surface area contributed by atoms with Gasteiger partial charge in [0.15, 0.2) is 5.78 Å². The van der Waals surface area contributed by atoms with E-state index >= 15 is 0 Å². The fourth-order valence-corrected chi connectivity index (χ4v) is 2.61. The molecule has 1 atom stereocenters. The first kappa shape index (κ1) is 11.5. The molecule has 1 saturated heterocycles. The summed E-state index contributed by atoms with van der Waals surface area (Å²) in [5, 5.41) is 1.91. The number of likely N-dealkylation sites (tertiary alicyclic amines) is 1. The van der Waals surface area contributed by atoms with Crippen LogP contribution >= 0.6 is 11.3 Å². The molecule has 0 amide bonds. The van der Waals surface area contributed by atoms with E-state index in [9.17, 15) is 9.59 Å². The summed E-state index contributed by atoms with van der Waals surface area (Å²) in [6.45, 7) is 3.82. The predicted molar refractivity (Wildman–Crippen MR) is 63.9 cm³/mol. The zero-order valence-electron chi connectivity index (χ0n) is 9.31. The highest BCUT2D eigenvalue weighted by atomic mass is 32.1. The summed E-state index contributed by atoms with van der Waals surface area (Å²) in [6.07, 6.45) is 0.582. The average Bonchev–Trinajstić information content (AvgIpc) is 2.77. The standard InChI is InChI=1S/C12H15NO2S/c1-9-7-13(5-4-10(9)14)8-11(15)12-3-2-6-16-12/h2-3,6,9H,4-5,7-8H2,1H3. The molecule has 1 aliphatic heterocycles. The molecule has 0 spiro atoms. The minimum atomic E-state index is 0.0740. The fraction of sp³-hybridized carbons (Fsp3) is 0.500. The predicted octanol–water partition coefficient (Wildman–Crippen LogP) is 1.84. The monoisotopic (exact) mass is 237 g/mol. The Morgan fingerprint density at radius 2 is 2.44 bits per heavy atom. The highest BCUT2D eigenvalue weighted by Crippen LogP contribution is 2.15. The van der Waals surface area contributed by atoms with E-state index in [0.717, 1.165) is 18.0 Å². The molecule has 0 N–H and O–H groups in total. The molecule has 2 heterocycles. The topological polar surface area (TPSA) is 37.4 Å². The maximum absolute atomic E-state index is 11.8. The van der Waals surface area contributed by atoms with Crippen LogP contribution in [0.4, 0.5) is 0 Å². The summed E-state index contributed by atoms with van der Waals surface area (Å²) in [6, 6.07) is 3.74. The van der Waals surface area contributed by atoms with Gasteiger partial charge in [-0.15, -0.1) is 11.3 Å². The van der Waals surface area contributed by atoms with Crippen molar-refractivity contribution in [2.45, 2.75) is 13.3 Å². The van der Waals surface area contributed by atoms with Gasteiger partial charge in [0.2, 0.25) is 0 Å². The van der Waals surface area contributed by atoms with Gasteiger partial charge in [0, 0.05) is 25.4 Å². The number of carbonyl (C=O) groups is 2. The minimum absolute atomic E-state index is 0.0740. The van der Waals surface area contributed by atoms with Gasteiger partial charge in [-0.25, -0.2) is 0 Å². The van der Waals surface area contributed by atoms with Gasteiger partial charge in [-0.2, -0.15) is 0 Å². The van der Waals surface area contributed by atoms with Gasteiger partial charge in [0.25, 0.3) is 0 Å². The van der Waals surface area contributed by atoms with Crippen molar-refractivity contribution < 1.29 is 9.59 Å². The Hall–Kier alpha value is -1.00. The number of hydrogen-bond donors (Lipinski definition) is 0. The number of rotatable bonds is 3. The Bertz CT molecular complexity index is 386. The molecule has 1 unspecified atom stereocenters. The Balaban J connectivity index is 1.91. The Morgan fingerprint density at radius 1 is 1.62 bits per heavy atom. The van der Waals surface area contributed by atoms with E-state index in [1.54, 1.807) is 0 Å². The van der Waals surface area contributed by atoms with Gasteiger partial charge >= 0.3 is 0 Å². The van der Waals surface area contributed by atoms with E-state index in [1.165, 1.54) is 11.3 Å². The van der Waals surface area contributed by atoms with Crippen LogP contribution in [-0.2, 0) is 4.79 Å². The summed E-state index contributed by atoms with van der Waals surface area (Å²) < 4.78 is 0. The Morgan fingerprint density at radius 3 is 3.06 bits per heavy atom. The van der Waals surface area contributed by atoms with Crippen LogP contribution in [0.3, 0.4) is 0 Å². The van der Waals surface area contributed by atoms with Crippen LogP contribution in [-0.4, -0.2) is 36.1 Å². The quantitative estimate of drug-likeness (QED) is 0.753. The third-order valence-electron chi connectivity index (χ3n) is 2.92. The molecular formula is C12H15NO2S. The van der Waals surface area contributed by atoms with E-state index in [1.807, 2.05) is 24.4 Å². The van der Waals surface area contributed by atoms with Crippen LogP contribution in [0.25, 0.3) is 0 Å². The van der Waals surface area contributed by atoms with E-state index in [0.29, 0.717) is 18.7 Å². The van der Waals surface area contributed by atoms with E-state index in [-0.39, 0.29) is 11.7 Å².